The van der Waals surface area contributed by atoms with Crippen molar-refractivity contribution in [1.29, 1.82) is 0 Å². The average molecular weight is 297 g/mol. The molecule has 1 N–H and O–H groups in total. The molecular weight excluding hydrogens is 283 g/mol. The van der Waals surface area contributed by atoms with Crippen molar-refractivity contribution in [3.63, 3.8) is 0 Å². The van der Waals surface area contributed by atoms with Gasteiger partial charge in [-0.2, -0.15) is 0 Å². The van der Waals surface area contributed by atoms with Gasteiger partial charge in [0.15, 0.2) is 9.84 Å². The lowest BCUT2D eigenvalue weighted by Gasteiger charge is -2.21. The van der Waals surface area contributed by atoms with Gasteiger partial charge in [0.1, 0.15) is 0 Å². The van der Waals surface area contributed by atoms with Crippen molar-refractivity contribution in [3.8, 4) is 0 Å². The van der Waals surface area contributed by atoms with Crippen LogP contribution >= 0.6 is 23.2 Å². The maximum atomic E-state index is 11.5. The van der Waals surface area contributed by atoms with Crippen LogP contribution in [0.2, 0.25) is 10.0 Å². The highest BCUT2D eigenvalue weighted by molar-refractivity contribution is 7.91. The van der Waals surface area contributed by atoms with E-state index >= 15 is 0 Å². The molecule has 0 unspecified atom stereocenters. The fraction of sp³-hybridized carbons (Fsp3) is 0.455. The summed E-state index contributed by atoms with van der Waals surface area (Å²) in [6.07, 6.45) is 0.285. The van der Waals surface area contributed by atoms with Gasteiger partial charge in [0, 0.05) is 21.9 Å². The van der Waals surface area contributed by atoms with E-state index in [2.05, 4.69) is 0 Å². The molecule has 0 spiro atoms. The van der Waals surface area contributed by atoms with Crippen LogP contribution in [0.3, 0.4) is 0 Å². The van der Waals surface area contributed by atoms with E-state index < -0.39 is 21.2 Å². The van der Waals surface area contributed by atoms with Crippen LogP contribution in [0, 0.1) is 0 Å². The minimum Gasteiger partial charge on any atom is -0.387 e. The first-order valence-electron chi connectivity index (χ1n) is 5.09. The van der Waals surface area contributed by atoms with E-state index in [9.17, 15) is 13.5 Å². The lowest BCUT2D eigenvalue weighted by Crippen LogP contribution is -2.27. The Balaban J connectivity index is 3.15. The van der Waals surface area contributed by atoms with Gasteiger partial charge < -0.3 is 5.11 Å². The Kier molecular flexibility index (Phi) is 4.84. The Morgan fingerprint density at radius 3 is 2.35 bits per heavy atom. The Hall–Kier alpha value is -0.290. The number of aliphatic hydroxyl groups excluding tert-OH is 1. The van der Waals surface area contributed by atoms with Crippen molar-refractivity contribution < 1.29 is 13.5 Å². The van der Waals surface area contributed by atoms with Crippen molar-refractivity contribution in [2.45, 2.75) is 24.7 Å². The van der Waals surface area contributed by atoms with E-state index in [0.717, 1.165) is 6.26 Å². The summed E-state index contributed by atoms with van der Waals surface area (Å²) in [6.45, 7) is 1.71. The van der Waals surface area contributed by atoms with Crippen molar-refractivity contribution in [2.24, 2.45) is 0 Å². The van der Waals surface area contributed by atoms with Gasteiger partial charge in [-0.1, -0.05) is 36.2 Å². The number of rotatable bonds is 4. The molecule has 0 aliphatic carbocycles. The van der Waals surface area contributed by atoms with Gasteiger partial charge in [-0.05, 0) is 18.6 Å². The number of aliphatic hydroxyl groups is 1. The third-order valence-corrected chi connectivity index (χ3v) is 4.84. The van der Waals surface area contributed by atoms with E-state index in [1.54, 1.807) is 19.1 Å². The van der Waals surface area contributed by atoms with Gasteiger partial charge in [-0.15, -0.1) is 0 Å². The second-order valence-corrected chi connectivity index (χ2v) is 7.00. The van der Waals surface area contributed by atoms with Crippen LogP contribution in [-0.4, -0.2) is 25.0 Å². The van der Waals surface area contributed by atoms with Gasteiger partial charge in [-0.25, -0.2) is 8.42 Å². The zero-order chi connectivity index (χ0) is 13.2. The first kappa shape index (κ1) is 14.8. The molecule has 0 bridgehead atoms. The molecule has 96 valence electrons. The van der Waals surface area contributed by atoms with Crippen LogP contribution in [0.1, 0.15) is 25.0 Å². The number of hydrogen-bond donors (Lipinski definition) is 1. The summed E-state index contributed by atoms with van der Waals surface area (Å²) < 4.78 is 23.1. The lowest BCUT2D eigenvalue weighted by molar-refractivity contribution is 0.169. The molecule has 0 saturated carbocycles. The normalized spacial score (nSPS) is 15.6. The highest BCUT2D eigenvalue weighted by Gasteiger charge is 2.29. The first-order valence-corrected chi connectivity index (χ1v) is 7.80. The van der Waals surface area contributed by atoms with Crippen LogP contribution in [-0.2, 0) is 9.84 Å². The van der Waals surface area contributed by atoms with Gasteiger partial charge >= 0.3 is 0 Å². The third kappa shape index (κ3) is 3.58. The van der Waals surface area contributed by atoms with E-state index in [1.807, 2.05) is 0 Å². The summed E-state index contributed by atoms with van der Waals surface area (Å²) >= 11 is 11.7. The number of hydrogen-bond acceptors (Lipinski definition) is 3. The second-order valence-electron chi connectivity index (χ2n) is 3.89. The average Bonchev–Trinajstić information content (AvgIpc) is 2.15. The highest BCUT2D eigenvalue weighted by Crippen LogP contribution is 2.31. The topological polar surface area (TPSA) is 54.4 Å². The number of sulfone groups is 1. The highest BCUT2D eigenvalue weighted by atomic mass is 35.5. The molecule has 0 fully saturated rings. The van der Waals surface area contributed by atoms with E-state index in [4.69, 9.17) is 23.2 Å². The molecule has 0 heterocycles. The number of benzene rings is 1. The summed E-state index contributed by atoms with van der Waals surface area (Å²) in [5, 5.41) is 9.93. The molecule has 1 aromatic carbocycles. The molecule has 6 heteroatoms. The fourth-order valence-electron chi connectivity index (χ4n) is 1.70. The molecule has 0 saturated heterocycles. The van der Waals surface area contributed by atoms with Crippen molar-refractivity contribution >= 4 is 33.0 Å². The van der Waals surface area contributed by atoms with E-state index in [1.165, 1.54) is 6.07 Å². The fourth-order valence-corrected chi connectivity index (χ4v) is 3.44. The maximum absolute atomic E-state index is 11.5. The molecule has 1 aromatic rings. The zero-order valence-electron chi connectivity index (χ0n) is 9.52. The summed E-state index contributed by atoms with van der Waals surface area (Å²) in [4.78, 5) is 0. The van der Waals surface area contributed by atoms with Crippen molar-refractivity contribution in [3.05, 3.63) is 33.8 Å². The molecule has 0 aliphatic rings. The smallest absolute Gasteiger partial charge is 0.153 e. The molecule has 1 rings (SSSR count). The van der Waals surface area contributed by atoms with Crippen LogP contribution in [0.15, 0.2) is 18.2 Å². The third-order valence-electron chi connectivity index (χ3n) is 2.59. The Morgan fingerprint density at radius 2 is 1.94 bits per heavy atom. The minimum absolute atomic E-state index is 0.270. The zero-order valence-corrected chi connectivity index (χ0v) is 11.9. The standard InChI is InChI=1S/C11H14Cl2O3S/c1-3-10(17(2,15)16)11(14)8-5-4-7(12)6-9(8)13/h4-6,10-11,14H,3H2,1-2H3/t10-,11+/m1/s1. The summed E-state index contributed by atoms with van der Waals surface area (Å²) in [6, 6.07) is 4.60. The summed E-state index contributed by atoms with van der Waals surface area (Å²) in [7, 11) is -3.33. The van der Waals surface area contributed by atoms with Crippen molar-refractivity contribution in [2.75, 3.05) is 6.26 Å². The lowest BCUT2D eigenvalue weighted by atomic mass is 10.0. The molecule has 0 radical (unpaired) electrons. The molecule has 3 nitrogen and oxygen atoms in total. The predicted octanol–water partition coefficient (Wildman–Crippen LogP) is 2.85. The predicted molar refractivity (Wildman–Crippen MR) is 70.3 cm³/mol. The second kappa shape index (κ2) is 5.57. The molecule has 0 aliphatic heterocycles. The molecular formula is C11H14Cl2O3S. The Labute approximate surface area is 111 Å². The molecule has 2 atom stereocenters. The monoisotopic (exact) mass is 296 g/mol. The number of halogens is 2. The van der Waals surface area contributed by atoms with Crippen LogP contribution in [0.5, 0.6) is 0 Å². The van der Waals surface area contributed by atoms with Crippen LogP contribution in [0.25, 0.3) is 0 Å². The van der Waals surface area contributed by atoms with Gasteiger partial charge in [0.2, 0.25) is 0 Å². The van der Waals surface area contributed by atoms with Crippen molar-refractivity contribution in [1.82, 2.24) is 0 Å². The quantitative estimate of drug-likeness (QED) is 0.929. The summed E-state index contributed by atoms with van der Waals surface area (Å²) in [5.74, 6) is 0. The SMILES string of the molecule is CC[C@H]([C@@H](O)c1ccc(Cl)cc1Cl)S(C)(=O)=O. The largest absolute Gasteiger partial charge is 0.387 e. The molecule has 0 amide bonds. The maximum Gasteiger partial charge on any atom is 0.153 e. The Morgan fingerprint density at radius 1 is 1.35 bits per heavy atom. The minimum atomic E-state index is -3.33. The van der Waals surface area contributed by atoms with Gasteiger partial charge in [0.05, 0.1) is 11.4 Å². The molecule has 0 aromatic heterocycles. The van der Waals surface area contributed by atoms with Crippen LogP contribution < -0.4 is 0 Å². The Bertz CT molecular complexity index is 499. The summed E-state index contributed by atoms with van der Waals surface area (Å²) in [5.41, 5.74) is 0.383. The first-order chi connectivity index (χ1) is 7.77. The van der Waals surface area contributed by atoms with Crippen LogP contribution in [0.4, 0.5) is 0 Å². The van der Waals surface area contributed by atoms with E-state index in [-0.39, 0.29) is 5.02 Å². The van der Waals surface area contributed by atoms with Gasteiger partial charge in [0.25, 0.3) is 0 Å². The molecule has 17 heavy (non-hydrogen) atoms. The van der Waals surface area contributed by atoms with E-state index in [0.29, 0.717) is 17.0 Å². The van der Waals surface area contributed by atoms with Gasteiger partial charge in [-0.3, -0.25) is 0 Å².